The number of anilines is 1. The lowest BCUT2D eigenvalue weighted by Gasteiger charge is -2.18. The monoisotopic (exact) mass is 484 g/mol. The molecular weight excluding hydrogens is 463 g/mol. The number of fused-ring (bicyclic) bond motifs is 2. The molecule has 0 saturated carbocycles. The van der Waals surface area contributed by atoms with Gasteiger partial charge in [-0.05, 0) is 59.5 Å². The van der Waals surface area contributed by atoms with Gasteiger partial charge in [0.1, 0.15) is 11.6 Å². The zero-order valence-corrected chi connectivity index (χ0v) is 18.6. The Labute approximate surface area is 187 Å². The fourth-order valence-electron chi connectivity index (χ4n) is 3.94. The summed E-state index contributed by atoms with van der Waals surface area (Å²) in [6.45, 7) is 4.53. The number of hydrogen-bond acceptors (Lipinski definition) is 6. The normalized spacial score (nSPS) is 17.6. The standard InChI is InChI=1S/C22H22BrFN6O/c1-12(26-8-13-4-5-31-11-13)20-19(23)21(25)30-22(29-20)17(10-28-30)15-6-14-7-16(24)2-3-18(14)27-9-15/h2-3,6-7,9-10,12-13,26H,4-5,8,11,25H2,1H3/t12?,13-/m0/s1. The fraction of sp³-hybridized carbons (Fsp3) is 0.318. The van der Waals surface area contributed by atoms with E-state index in [1.54, 1.807) is 23.0 Å². The van der Waals surface area contributed by atoms with Gasteiger partial charge in [0.2, 0.25) is 0 Å². The summed E-state index contributed by atoms with van der Waals surface area (Å²) in [5, 5.41) is 8.69. The number of rotatable bonds is 5. The molecule has 1 aromatic carbocycles. The summed E-state index contributed by atoms with van der Waals surface area (Å²) in [5.41, 5.74) is 10.1. The molecule has 4 aromatic rings. The van der Waals surface area contributed by atoms with E-state index in [0.717, 1.165) is 58.4 Å². The third-order valence-corrected chi connectivity index (χ3v) is 6.56. The number of aromatic nitrogens is 4. The number of nitrogens with one attached hydrogen (secondary N) is 1. The van der Waals surface area contributed by atoms with Crippen LogP contribution in [0.3, 0.4) is 0 Å². The molecule has 2 atom stereocenters. The molecule has 0 aliphatic carbocycles. The molecule has 3 aromatic heterocycles. The molecule has 9 heteroatoms. The van der Waals surface area contributed by atoms with Gasteiger partial charge in [-0.2, -0.15) is 9.61 Å². The van der Waals surface area contributed by atoms with Crippen LogP contribution in [0, 0.1) is 11.7 Å². The van der Waals surface area contributed by atoms with Crippen molar-refractivity contribution in [1.82, 2.24) is 24.9 Å². The summed E-state index contributed by atoms with van der Waals surface area (Å²) >= 11 is 3.59. The topological polar surface area (TPSA) is 90.4 Å². The van der Waals surface area contributed by atoms with Crippen LogP contribution in [0.2, 0.25) is 0 Å². The number of nitrogens with two attached hydrogens (primary N) is 1. The van der Waals surface area contributed by atoms with Gasteiger partial charge in [-0.1, -0.05) is 0 Å². The van der Waals surface area contributed by atoms with Gasteiger partial charge in [-0.15, -0.1) is 0 Å². The zero-order valence-electron chi connectivity index (χ0n) is 17.0. The Bertz CT molecular complexity index is 1270. The maximum Gasteiger partial charge on any atom is 0.165 e. The summed E-state index contributed by atoms with van der Waals surface area (Å²) in [6, 6.07) is 6.42. The van der Waals surface area contributed by atoms with E-state index < -0.39 is 0 Å². The molecule has 3 N–H and O–H groups in total. The number of hydrogen-bond donors (Lipinski definition) is 2. The molecule has 0 spiro atoms. The number of halogens is 2. The molecule has 0 radical (unpaired) electrons. The summed E-state index contributed by atoms with van der Waals surface area (Å²) in [4.78, 5) is 9.35. The Morgan fingerprint density at radius 3 is 3.03 bits per heavy atom. The van der Waals surface area contributed by atoms with Crippen molar-refractivity contribution in [3.05, 3.63) is 52.6 Å². The average Bonchev–Trinajstić information content (AvgIpc) is 3.44. The molecule has 1 unspecified atom stereocenters. The lowest BCUT2D eigenvalue weighted by Crippen LogP contribution is -2.27. The Hall–Kier alpha value is -2.62. The first kappa shape index (κ1) is 20.3. The molecule has 160 valence electrons. The van der Waals surface area contributed by atoms with Crippen molar-refractivity contribution in [2.75, 3.05) is 25.5 Å². The molecule has 4 heterocycles. The Balaban J connectivity index is 1.54. The summed E-state index contributed by atoms with van der Waals surface area (Å²) < 4.78 is 21.5. The van der Waals surface area contributed by atoms with Crippen molar-refractivity contribution < 1.29 is 9.13 Å². The van der Waals surface area contributed by atoms with Gasteiger partial charge in [0.05, 0.1) is 28.5 Å². The van der Waals surface area contributed by atoms with E-state index in [9.17, 15) is 4.39 Å². The van der Waals surface area contributed by atoms with E-state index >= 15 is 0 Å². The number of nitrogen functional groups attached to an aromatic ring is 1. The molecule has 0 bridgehead atoms. The predicted octanol–water partition coefficient (Wildman–Crippen LogP) is 4.12. The molecular formula is C22H22BrFN6O. The van der Waals surface area contributed by atoms with Crippen molar-refractivity contribution >= 4 is 38.3 Å². The van der Waals surface area contributed by atoms with Gasteiger partial charge < -0.3 is 15.8 Å². The van der Waals surface area contributed by atoms with Gasteiger partial charge >= 0.3 is 0 Å². The van der Waals surface area contributed by atoms with Crippen LogP contribution in [0.1, 0.15) is 25.1 Å². The maximum atomic E-state index is 13.7. The van der Waals surface area contributed by atoms with E-state index in [0.29, 0.717) is 17.4 Å². The van der Waals surface area contributed by atoms with Crippen LogP contribution < -0.4 is 11.1 Å². The van der Waals surface area contributed by atoms with Crippen LogP contribution in [-0.4, -0.2) is 39.3 Å². The second kappa shape index (κ2) is 8.14. The Kier molecular flexibility index (Phi) is 5.33. The minimum atomic E-state index is -0.299. The van der Waals surface area contributed by atoms with Crippen LogP contribution in [0.5, 0.6) is 0 Å². The van der Waals surface area contributed by atoms with E-state index in [2.05, 4.69) is 38.3 Å². The van der Waals surface area contributed by atoms with Crippen molar-refractivity contribution in [3.63, 3.8) is 0 Å². The second-order valence-electron chi connectivity index (χ2n) is 7.91. The molecule has 1 aliphatic heterocycles. The minimum absolute atomic E-state index is 0.0196. The van der Waals surface area contributed by atoms with E-state index in [1.165, 1.54) is 12.1 Å². The summed E-state index contributed by atoms with van der Waals surface area (Å²) in [6.07, 6.45) is 4.53. The smallest absolute Gasteiger partial charge is 0.165 e. The van der Waals surface area contributed by atoms with Crippen LogP contribution in [0.15, 0.2) is 41.1 Å². The molecule has 1 aliphatic rings. The minimum Gasteiger partial charge on any atom is -0.383 e. The number of ether oxygens (including phenoxy) is 1. The lowest BCUT2D eigenvalue weighted by molar-refractivity contribution is 0.184. The van der Waals surface area contributed by atoms with Gasteiger partial charge in [0, 0.05) is 41.9 Å². The molecule has 7 nitrogen and oxygen atoms in total. The number of benzene rings is 1. The predicted molar refractivity (Wildman–Crippen MR) is 121 cm³/mol. The highest BCUT2D eigenvalue weighted by atomic mass is 79.9. The van der Waals surface area contributed by atoms with E-state index in [4.69, 9.17) is 15.5 Å². The van der Waals surface area contributed by atoms with Gasteiger partial charge in [-0.3, -0.25) is 4.98 Å². The molecule has 31 heavy (non-hydrogen) atoms. The van der Waals surface area contributed by atoms with Crippen LogP contribution in [-0.2, 0) is 4.74 Å². The molecule has 5 rings (SSSR count). The zero-order chi connectivity index (χ0) is 21.5. The van der Waals surface area contributed by atoms with Crippen LogP contribution in [0.25, 0.3) is 27.7 Å². The second-order valence-corrected chi connectivity index (χ2v) is 8.70. The first-order valence-corrected chi connectivity index (χ1v) is 11.0. The van der Waals surface area contributed by atoms with Gasteiger partial charge in [0.15, 0.2) is 5.65 Å². The summed E-state index contributed by atoms with van der Waals surface area (Å²) in [7, 11) is 0. The SMILES string of the molecule is CC(NC[C@@H]1CCOC1)c1nc2c(-c3cnc4ccc(F)cc4c3)cnn2c(N)c1Br. The highest BCUT2D eigenvalue weighted by Crippen LogP contribution is 2.33. The summed E-state index contributed by atoms with van der Waals surface area (Å²) in [5.74, 6) is 0.688. The first-order valence-electron chi connectivity index (χ1n) is 10.2. The lowest BCUT2D eigenvalue weighted by atomic mass is 10.1. The van der Waals surface area contributed by atoms with Crippen molar-refractivity contribution in [1.29, 1.82) is 0 Å². The molecule has 1 saturated heterocycles. The van der Waals surface area contributed by atoms with Gasteiger partial charge in [-0.25, -0.2) is 9.37 Å². The average molecular weight is 485 g/mol. The largest absolute Gasteiger partial charge is 0.383 e. The van der Waals surface area contributed by atoms with Crippen LogP contribution >= 0.6 is 15.9 Å². The highest BCUT2D eigenvalue weighted by Gasteiger charge is 2.22. The van der Waals surface area contributed by atoms with E-state index in [1.807, 2.05) is 6.07 Å². The molecule has 1 fully saturated rings. The Morgan fingerprint density at radius 1 is 1.35 bits per heavy atom. The van der Waals surface area contributed by atoms with E-state index in [-0.39, 0.29) is 11.9 Å². The fourth-order valence-corrected chi connectivity index (χ4v) is 4.54. The third-order valence-electron chi connectivity index (χ3n) is 5.75. The molecule has 0 amide bonds. The number of pyridine rings is 1. The van der Waals surface area contributed by atoms with Crippen molar-refractivity contribution in [3.8, 4) is 11.1 Å². The third kappa shape index (κ3) is 3.77. The van der Waals surface area contributed by atoms with Crippen molar-refractivity contribution in [2.24, 2.45) is 5.92 Å². The van der Waals surface area contributed by atoms with Crippen LogP contribution in [0.4, 0.5) is 10.2 Å². The number of nitrogens with zero attached hydrogens (tertiary/aromatic N) is 4. The Morgan fingerprint density at radius 2 is 2.23 bits per heavy atom. The maximum absolute atomic E-state index is 13.7. The quantitative estimate of drug-likeness (QED) is 0.442. The first-order chi connectivity index (χ1) is 15.0. The van der Waals surface area contributed by atoms with Gasteiger partial charge in [0.25, 0.3) is 0 Å². The highest BCUT2D eigenvalue weighted by molar-refractivity contribution is 9.10. The van der Waals surface area contributed by atoms with Crippen molar-refractivity contribution in [2.45, 2.75) is 19.4 Å².